The van der Waals surface area contributed by atoms with Gasteiger partial charge in [0.25, 0.3) is 0 Å². The number of aliphatic imine (C=N–C) groups is 1. The van der Waals surface area contributed by atoms with E-state index in [9.17, 15) is 34.8 Å². The van der Waals surface area contributed by atoms with Crippen molar-refractivity contribution in [2.45, 2.75) is 50.2 Å². The van der Waals surface area contributed by atoms with Crippen LogP contribution in [0.2, 0.25) is 0 Å². The fourth-order valence-electron chi connectivity index (χ4n) is 3.90. The van der Waals surface area contributed by atoms with Crippen LogP contribution < -0.4 is 30.6 Å². The van der Waals surface area contributed by atoms with E-state index in [1.807, 2.05) is 0 Å². The van der Waals surface area contributed by atoms with Crippen LogP contribution in [0, 0.1) is 0 Å². The van der Waals surface area contributed by atoms with E-state index in [4.69, 9.17) is 24.7 Å². The van der Waals surface area contributed by atoms with E-state index in [0.717, 1.165) is 13.0 Å². The summed E-state index contributed by atoms with van der Waals surface area (Å²) in [5, 5.41) is 43.8. The first-order chi connectivity index (χ1) is 18.4. The lowest BCUT2D eigenvalue weighted by Crippen LogP contribution is -2.60. The third kappa shape index (κ3) is 8.20. The van der Waals surface area contributed by atoms with Crippen LogP contribution in [0.4, 0.5) is 0 Å². The molecule has 216 valence electrons. The molecule has 0 fully saturated rings. The van der Waals surface area contributed by atoms with Crippen LogP contribution in [0.1, 0.15) is 18.9 Å². The van der Waals surface area contributed by atoms with Gasteiger partial charge in [0.1, 0.15) is 18.3 Å². The van der Waals surface area contributed by atoms with Crippen molar-refractivity contribution in [1.82, 2.24) is 10.6 Å². The van der Waals surface area contributed by atoms with Crippen molar-refractivity contribution in [1.29, 1.82) is 0 Å². The van der Waals surface area contributed by atoms with E-state index in [-0.39, 0.29) is 12.8 Å². The number of carboxylic acid groups (broad SMARTS) is 1. The van der Waals surface area contributed by atoms with Crippen molar-refractivity contribution in [3.05, 3.63) is 29.5 Å². The Hall–Kier alpha value is -4.08. The summed E-state index contributed by atoms with van der Waals surface area (Å²) in [4.78, 5) is 40.1. The van der Waals surface area contributed by atoms with Gasteiger partial charge in [-0.05, 0) is 30.2 Å². The molecule has 15 heteroatoms. The van der Waals surface area contributed by atoms with Gasteiger partial charge in [-0.2, -0.15) is 0 Å². The Morgan fingerprint density at radius 2 is 1.74 bits per heavy atom. The topological polar surface area (TPSA) is 231 Å². The second-order valence-corrected chi connectivity index (χ2v) is 8.47. The fraction of sp³-hybridized carbons (Fsp3) is 0.500. The molecule has 0 unspecified atom stereocenters. The van der Waals surface area contributed by atoms with Gasteiger partial charge >= 0.3 is 5.97 Å². The van der Waals surface area contributed by atoms with E-state index >= 15 is 0 Å². The van der Waals surface area contributed by atoms with Crippen LogP contribution in [-0.2, 0) is 25.5 Å². The van der Waals surface area contributed by atoms with E-state index in [1.165, 1.54) is 21.3 Å². The van der Waals surface area contributed by atoms with E-state index in [2.05, 4.69) is 15.6 Å². The smallest absolute Gasteiger partial charge is 0.370 e. The number of aliphatic hydroxyl groups is 3. The lowest BCUT2D eigenvalue weighted by atomic mass is 9.92. The predicted molar refractivity (Wildman–Crippen MR) is 135 cm³/mol. The molecule has 5 atom stereocenters. The standard InChI is InChI=1S/C24H34N4O11/c1-11(30)26-19-13(9-17(23(34)35)39-22(19)20(33)14(31)10-29)27-24(25)28-18(32)6-5-12-7-15(36-2)21(38-4)16(8-12)37-3/h7-9,13-14,19-20,22,29,31,33H,5-6,10H2,1-4H3,(H,26,30)(H,34,35)(H3,25,27,28,32)/t13-,14+,19+,20+,22+/m0/s1. The van der Waals surface area contributed by atoms with Crippen molar-refractivity contribution >= 4 is 23.7 Å². The number of amides is 2. The molecule has 1 aromatic rings. The van der Waals surface area contributed by atoms with Crippen molar-refractivity contribution in [2.75, 3.05) is 27.9 Å². The molecular formula is C24H34N4O11. The highest BCUT2D eigenvalue weighted by Crippen LogP contribution is 2.38. The zero-order valence-corrected chi connectivity index (χ0v) is 21.9. The summed E-state index contributed by atoms with van der Waals surface area (Å²) in [6.45, 7) is 0.301. The quantitative estimate of drug-likeness (QED) is 0.110. The largest absolute Gasteiger partial charge is 0.493 e. The SMILES string of the molecule is COc1cc(CCC(=O)NC(N)=N[C@H]2C=C(C(=O)O)O[C@@H]([C@H](O)[C@H](O)CO)[C@@H]2NC(C)=O)cc(OC)c1OC. The molecule has 2 amide bonds. The Kier molecular flexibility index (Phi) is 11.3. The summed E-state index contributed by atoms with van der Waals surface area (Å²) < 4.78 is 21.2. The number of carbonyl (C=O) groups is 3. The minimum atomic E-state index is -1.80. The van der Waals surface area contributed by atoms with Gasteiger partial charge in [-0.1, -0.05) is 0 Å². The van der Waals surface area contributed by atoms with Crippen LogP contribution >= 0.6 is 0 Å². The van der Waals surface area contributed by atoms with Crippen LogP contribution in [0.25, 0.3) is 0 Å². The zero-order valence-electron chi connectivity index (χ0n) is 21.9. The summed E-state index contributed by atoms with van der Waals surface area (Å²) in [5.74, 6) is -2.42. The Bertz CT molecular complexity index is 1080. The first-order valence-electron chi connectivity index (χ1n) is 11.7. The molecule has 0 aliphatic carbocycles. The lowest BCUT2D eigenvalue weighted by Gasteiger charge is -2.38. The third-order valence-corrected chi connectivity index (χ3v) is 5.73. The number of benzene rings is 1. The number of nitrogens with one attached hydrogen (secondary N) is 2. The van der Waals surface area contributed by atoms with Crippen molar-refractivity contribution < 1.29 is 53.8 Å². The number of aryl methyl sites for hydroxylation is 1. The molecule has 0 radical (unpaired) electrons. The number of nitrogens with zero attached hydrogens (tertiary/aromatic N) is 1. The third-order valence-electron chi connectivity index (χ3n) is 5.73. The average molecular weight is 555 g/mol. The van der Waals surface area contributed by atoms with Crippen LogP contribution in [0.15, 0.2) is 29.0 Å². The van der Waals surface area contributed by atoms with Crippen LogP contribution in [-0.4, -0.2) is 103 Å². The molecule has 39 heavy (non-hydrogen) atoms. The van der Waals surface area contributed by atoms with Crippen molar-refractivity contribution in [2.24, 2.45) is 10.7 Å². The number of hydrogen-bond acceptors (Lipinski definition) is 11. The summed E-state index contributed by atoms with van der Waals surface area (Å²) in [6, 6.07) is 0.943. The Labute approximate surface area is 224 Å². The molecule has 15 nitrogen and oxygen atoms in total. The highest BCUT2D eigenvalue weighted by molar-refractivity contribution is 5.96. The number of aliphatic carboxylic acids is 1. The number of rotatable bonds is 12. The molecule has 1 aliphatic rings. The maximum atomic E-state index is 12.6. The molecule has 2 rings (SSSR count). The van der Waals surface area contributed by atoms with Gasteiger partial charge in [0.05, 0.1) is 40.0 Å². The van der Waals surface area contributed by atoms with E-state index < -0.39 is 66.5 Å². The molecule has 0 bridgehead atoms. The number of guanidine groups is 1. The van der Waals surface area contributed by atoms with Gasteiger partial charge in [0.2, 0.25) is 23.3 Å². The van der Waals surface area contributed by atoms with E-state index in [0.29, 0.717) is 22.8 Å². The van der Waals surface area contributed by atoms with Crippen LogP contribution in [0.5, 0.6) is 17.2 Å². The molecule has 1 aromatic carbocycles. The Balaban J connectivity index is 2.24. The number of ether oxygens (including phenoxy) is 4. The second kappa shape index (κ2) is 14.2. The average Bonchev–Trinajstić information content (AvgIpc) is 2.90. The number of carboxylic acids is 1. The number of methoxy groups -OCH3 is 3. The molecule has 0 spiro atoms. The maximum Gasteiger partial charge on any atom is 0.370 e. The highest BCUT2D eigenvalue weighted by Gasteiger charge is 2.43. The minimum absolute atomic E-state index is 0.0298. The number of nitrogens with two attached hydrogens (primary N) is 1. The van der Waals surface area contributed by atoms with Crippen LogP contribution in [0.3, 0.4) is 0 Å². The van der Waals surface area contributed by atoms with Gasteiger partial charge in [0.15, 0.2) is 17.5 Å². The number of aliphatic hydroxyl groups excluding tert-OH is 3. The predicted octanol–water partition coefficient (Wildman–Crippen LogP) is -1.97. The summed E-state index contributed by atoms with van der Waals surface area (Å²) in [5.41, 5.74) is 6.61. The molecular weight excluding hydrogens is 520 g/mol. The van der Waals surface area contributed by atoms with Crippen molar-refractivity contribution in [3.8, 4) is 17.2 Å². The molecule has 8 N–H and O–H groups in total. The maximum absolute atomic E-state index is 12.6. The zero-order chi connectivity index (χ0) is 29.3. The lowest BCUT2D eigenvalue weighted by molar-refractivity contribution is -0.145. The van der Waals surface area contributed by atoms with E-state index in [1.54, 1.807) is 12.1 Å². The normalized spacial score (nSPS) is 20.5. The highest BCUT2D eigenvalue weighted by atomic mass is 16.5. The van der Waals surface area contributed by atoms with Gasteiger partial charge in [0, 0.05) is 13.3 Å². The number of carbonyl (C=O) groups excluding carboxylic acids is 2. The Morgan fingerprint density at radius 1 is 1.13 bits per heavy atom. The summed E-state index contributed by atoms with van der Waals surface area (Å²) in [6.07, 6.45) is -3.77. The number of hydrogen-bond donors (Lipinski definition) is 7. The molecule has 0 saturated heterocycles. The minimum Gasteiger partial charge on any atom is -0.493 e. The molecule has 1 heterocycles. The van der Waals surface area contributed by atoms with Gasteiger partial charge in [-0.25, -0.2) is 9.79 Å². The second-order valence-electron chi connectivity index (χ2n) is 8.47. The molecule has 0 saturated carbocycles. The monoisotopic (exact) mass is 554 g/mol. The molecule has 1 aliphatic heterocycles. The fourth-order valence-corrected chi connectivity index (χ4v) is 3.90. The van der Waals surface area contributed by atoms with Crippen molar-refractivity contribution in [3.63, 3.8) is 0 Å². The summed E-state index contributed by atoms with van der Waals surface area (Å²) >= 11 is 0. The van der Waals surface area contributed by atoms with Gasteiger partial charge in [-0.3, -0.25) is 14.9 Å². The van der Waals surface area contributed by atoms with Gasteiger partial charge < -0.3 is 50.4 Å². The first-order valence-corrected chi connectivity index (χ1v) is 11.7. The first kappa shape index (κ1) is 31.1. The Morgan fingerprint density at radius 3 is 2.23 bits per heavy atom. The summed E-state index contributed by atoms with van der Waals surface area (Å²) in [7, 11) is 4.40. The van der Waals surface area contributed by atoms with Gasteiger partial charge in [-0.15, -0.1) is 0 Å². The molecule has 0 aromatic heterocycles.